The molecular formula is C16H25NO2. The van der Waals surface area contributed by atoms with Gasteiger partial charge in [-0.05, 0) is 37.0 Å². The van der Waals surface area contributed by atoms with Gasteiger partial charge in [0.2, 0.25) is 0 Å². The maximum atomic E-state index is 10.1. The fourth-order valence-electron chi connectivity index (χ4n) is 2.90. The molecule has 0 spiro atoms. The lowest BCUT2D eigenvalue weighted by Crippen LogP contribution is -2.43. The highest BCUT2D eigenvalue weighted by atomic mass is 16.3. The topological polar surface area (TPSA) is 43.7 Å². The normalized spacial score (nSPS) is 25.1. The molecule has 0 aromatic heterocycles. The van der Waals surface area contributed by atoms with Crippen LogP contribution in [0.25, 0.3) is 0 Å². The molecule has 2 N–H and O–H groups in total. The van der Waals surface area contributed by atoms with Crippen molar-refractivity contribution in [2.24, 2.45) is 0 Å². The Hall–Kier alpha value is -1.06. The highest BCUT2D eigenvalue weighted by Crippen LogP contribution is 2.27. The van der Waals surface area contributed by atoms with Crippen LogP contribution in [0.15, 0.2) is 24.3 Å². The molecule has 1 aliphatic carbocycles. The summed E-state index contributed by atoms with van der Waals surface area (Å²) in [4.78, 5) is 2.17. The van der Waals surface area contributed by atoms with Crippen molar-refractivity contribution in [3.63, 3.8) is 0 Å². The van der Waals surface area contributed by atoms with Crippen molar-refractivity contribution >= 4 is 5.69 Å². The van der Waals surface area contributed by atoms with Gasteiger partial charge in [-0.25, -0.2) is 0 Å². The first-order valence-corrected chi connectivity index (χ1v) is 7.32. The van der Waals surface area contributed by atoms with Crippen LogP contribution in [0.1, 0.15) is 50.7 Å². The van der Waals surface area contributed by atoms with Gasteiger partial charge in [0, 0.05) is 12.7 Å². The molecule has 2 rings (SSSR count). The van der Waals surface area contributed by atoms with Gasteiger partial charge < -0.3 is 15.1 Å². The number of aliphatic hydroxyl groups excluding tert-OH is 2. The molecule has 19 heavy (non-hydrogen) atoms. The molecule has 0 saturated heterocycles. The van der Waals surface area contributed by atoms with Crippen molar-refractivity contribution in [1.82, 2.24) is 0 Å². The molecule has 0 amide bonds. The number of aliphatic hydroxyl groups is 2. The lowest BCUT2D eigenvalue weighted by molar-refractivity contribution is 0.106. The van der Waals surface area contributed by atoms with E-state index in [1.165, 1.54) is 6.42 Å². The van der Waals surface area contributed by atoms with Crippen LogP contribution in [-0.2, 0) is 0 Å². The minimum atomic E-state index is -0.375. The Morgan fingerprint density at radius 1 is 1.21 bits per heavy atom. The molecule has 1 aromatic carbocycles. The minimum Gasteiger partial charge on any atom is -0.391 e. The minimum absolute atomic E-state index is 0.218. The molecule has 0 radical (unpaired) electrons. The van der Waals surface area contributed by atoms with E-state index in [4.69, 9.17) is 0 Å². The van der Waals surface area contributed by atoms with Crippen LogP contribution in [0.2, 0.25) is 0 Å². The molecule has 0 aliphatic heterocycles. The standard InChI is InChI=1S/C16H25NO2/c1-3-15(18)12-8-10-13(11-9-12)17(2)14-6-4-5-7-16(14)19/h8-11,14-16,18-19H,3-7H2,1-2H3/t14?,15-,16?/m0/s1. The van der Waals surface area contributed by atoms with Crippen LogP contribution in [0.3, 0.4) is 0 Å². The molecule has 1 aliphatic rings. The van der Waals surface area contributed by atoms with E-state index in [1.54, 1.807) is 0 Å². The summed E-state index contributed by atoms with van der Waals surface area (Å²) in [6.07, 6.45) is 4.42. The van der Waals surface area contributed by atoms with E-state index in [2.05, 4.69) is 4.90 Å². The summed E-state index contributed by atoms with van der Waals surface area (Å²) >= 11 is 0. The van der Waals surface area contributed by atoms with E-state index in [0.29, 0.717) is 0 Å². The summed E-state index contributed by atoms with van der Waals surface area (Å²) < 4.78 is 0. The highest BCUT2D eigenvalue weighted by molar-refractivity contribution is 5.48. The fourth-order valence-corrected chi connectivity index (χ4v) is 2.90. The first kappa shape index (κ1) is 14.4. The Morgan fingerprint density at radius 3 is 2.42 bits per heavy atom. The van der Waals surface area contributed by atoms with Crippen molar-refractivity contribution in [1.29, 1.82) is 0 Å². The molecule has 0 heterocycles. The maximum absolute atomic E-state index is 10.1. The van der Waals surface area contributed by atoms with Crippen molar-refractivity contribution in [3.05, 3.63) is 29.8 Å². The van der Waals surface area contributed by atoms with Crippen LogP contribution in [0.4, 0.5) is 5.69 Å². The Kier molecular flexibility index (Phi) is 4.83. The van der Waals surface area contributed by atoms with Gasteiger partial charge in [-0.1, -0.05) is 31.9 Å². The Morgan fingerprint density at radius 2 is 1.84 bits per heavy atom. The Labute approximate surface area is 115 Å². The third-order valence-electron chi connectivity index (χ3n) is 4.26. The monoisotopic (exact) mass is 263 g/mol. The summed E-state index contributed by atoms with van der Waals surface area (Å²) in [6.45, 7) is 1.98. The van der Waals surface area contributed by atoms with Crippen molar-refractivity contribution in [3.8, 4) is 0 Å². The van der Waals surface area contributed by atoms with Gasteiger partial charge in [0.15, 0.2) is 0 Å². The molecular weight excluding hydrogens is 238 g/mol. The number of hydrogen-bond donors (Lipinski definition) is 2. The van der Waals surface area contributed by atoms with Gasteiger partial charge in [-0.2, -0.15) is 0 Å². The number of nitrogens with zero attached hydrogens (tertiary/aromatic N) is 1. The summed E-state index contributed by atoms with van der Waals surface area (Å²) in [7, 11) is 2.05. The van der Waals surface area contributed by atoms with E-state index in [9.17, 15) is 10.2 Å². The van der Waals surface area contributed by atoms with E-state index in [-0.39, 0.29) is 18.2 Å². The molecule has 0 bridgehead atoms. The average Bonchev–Trinajstić information content (AvgIpc) is 2.46. The summed E-state index contributed by atoms with van der Waals surface area (Å²) in [6, 6.07) is 8.26. The summed E-state index contributed by atoms with van der Waals surface area (Å²) in [5.41, 5.74) is 2.07. The van der Waals surface area contributed by atoms with Crippen LogP contribution in [0, 0.1) is 0 Å². The second-order valence-electron chi connectivity index (χ2n) is 5.55. The Bertz CT molecular complexity index is 390. The molecule has 1 fully saturated rings. The van der Waals surface area contributed by atoms with Gasteiger partial charge in [-0.15, -0.1) is 0 Å². The van der Waals surface area contributed by atoms with Crippen LogP contribution in [-0.4, -0.2) is 29.4 Å². The predicted molar refractivity (Wildman–Crippen MR) is 78.4 cm³/mol. The molecule has 1 aromatic rings. The zero-order chi connectivity index (χ0) is 13.8. The van der Waals surface area contributed by atoms with Gasteiger partial charge >= 0.3 is 0 Å². The summed E-state index contributed by atoms with van der Waals surface area (Å²) in [5.74, 6) is 0. The quantitative estimate of drug-likeness (QED) is 0.878. The first-order chi connectivity index (χ1) is 9.13. The lowest BCUT2D eigenvalue weighted by atomic mass is 9.91. The van der Waals surface area contributed by atoms with Crippen molar-refractivity contribution in [2.75, 3.05) is 11.9 Å². The second-order valence-corrected chi connectivity index (χ2v) is 5.55. The van der Waals surface area contributed by atoms with E-state index in [0.717, 1.165) is 36.9 Å². The van der Waals surface area contributed by atoms with Crippen molar-refractivity contribution in [2.45, 2.75) is 57.3 Å². The molecule has 2 unspecified atom stereocenters. The smallest absolute Gasteiger partial charge is 0.0787 e. The highest BCUT2D eigenvalue weighted by Gasteiger charge is 2.26. The second kappa shape index (κ2) is 6.40. The van der Waals surface area contributed by atoms with Crippen LogP contribution >= 0.6 is 0 Å². The third-order valence-corrected chi connectivity index (χ3v) is 4.26. The molecule has 1 saturated carbocycles. The van der Waals surface area contributed by atoms with Crippen LogP contribution < -0.4 is 4.90 Å². The Balaban J connectivity index is 2.08. The lowest BCUT2D eigenvalue weighted by Gasteiger charge is -2.36. The van der Waals surface area contributed by atoms with E-state index >= 15 is 0 Å². The first-order valence-electron chi connectivity index (χ1n) is 7.32. The maximum Gasteiger partial charge on any atom is 0.0787 e. The predicted octanol–water partition coefficient (Wildman–Crippen LogP) is 2.87. The summed E-state index contributed by atoms with van der Waals surface area (Å²) in [5, 5.41) is 19.9. The van der Waals surface area contributed by atoms with Crippen LogP contribution in [0.5, 0.6) is 0 Å². The third kappa shape index (κ3) is 3.28. The zero-order valence-electron chi connectivity index (χ0n) is 11.9. The average molecular weight is 263 g/mol. The number of rotatable bonds is 4. The number of benzene rings is 1. The molecule has 3 atom stereocenters. The van der Waals surface area contributed by atoms with E-state index in [1.807, 2.05) is 38.2 Å². The number of anilines is 1. The van der Waals surface area contributed by atoms with Gasteiger partial charge in [-0.3, -0.25) is 0 Å². The number of likely N-dealkylation sites (N-methyl/N-ethyl adjacent to an activating group) is 1. The largest absolute Gasteiger partial charge is 0.391 e. The molecule has 3 nitrogen and oxygen atoms in total. The van der Waals surface area contributed by atoms with E-state index < -0.39 is 0 Å². The fraction of sp³-hybridized carbons (Fsp3) is 0.625. The molecule has 106 valence electrons. The number of hydrogen-bond acceptors (Lipinski definition) is 3. The van der Waals surface area contributed by atoms with Crippen molar-refractivity contribution < 1.29 is 10.2 Å². The van der Waals surface area contributed by atoms with Gasteiger partial charge in [0.05, 0.1) is 18.2 Å². The zero-order valence-corrected chi connectivity index (χ0v) is 11.9. The SMILES string of the molecule is CC[C@H](O)c1ccc(N(C)C2CCCCC2O)cc1. The molecule has 3 heteroatoms. The van der Waals surface area contributed by atoms with Gasteiger partial charge in [0.1, 0.15) is 0 Å². The van der Waals surface area contributed by atoms with Gasteiger partial charge in [0.25, 0.3) is 0 Å².